The van der Waals surface area contributed by atoms with Crippen molar-refractivity contribution in [1.29, 1.82) is 0 Å². The molecule has 2 atom stereocenters. The number of amides is 2. The van der Waals surface area contributed by atoms with Gasteiger partial charge in [-0.3, -0.25) is 9.59 Å². The van der Waals surface area contributed by atoms with E-state index in [0.29, 0.717) is 32.6 Å². The van der Waals surface area contributed by atoms with E-state index in [4.69, 9.17) is 14.2 Å². The van der Waals surface area contributed by atoms with Crippen LogP contribution in [0.1, 0.15) is 36.3 Å². The predicted octanol–water partition coefficient (Wildman–Crippen LogP) is 3.78. The lowest BCUT2D eigenvalue weighted by atomic mass is 9.62. The number of halogens is 3. The fourth-order valence-corrected chi connectivity index (χ4v) is 6.02. The number of hydrogen-bond acceptors (Lipinski definition) is 5. The fraction of sp³-hybridized carbons (Fsp3) is 0.500. The standard InChI is InChI=1S/C28H31F3N2O5/c1-36-27(28(29,30)31,19-7-3-2-4-8-19)25(35)33-13-11-26(12-14-33)15-24(34)32-16-22(26)21-9-5-6-10-23(21)38-20-17-37-18-20/h2-10,20,22H,11-18H2,1H3,(H,32,34)/t22?,27-/m1/s1. The third-order valence-electron chi connectivity index (χ3n) is 8.18. The van der Waals surface area contributed by atoms with Crippen molar-refractivity contribution in [2.75, 3.05) is 40.0 Å². The average Bonchev–Trinajstić information content (AvgIpc) is 2.88. The molecule has 204 valence electrons. The van der Waals surface area contributed by atoms with Gasteiger partial charge >= 0.3 is 6.18 Å². The number of methoxy groups -OCH3 is 1. The quantitative estimate of drug-likeness (QED) is 0.613. The number of piperidine rings is 2. The molecule has 2 aromatic carbocycles. The van der Waals surface area contributed by atoms with Gasteiger partial charge < -0.3 is 24.4 Å². The normalized spacial score (nSPS) is 23.3. The number of benzene rings is 2. The summed E-state index contributed by atoms with van der Waals surface area (Å²) in [4.78, 5) is 27.4. The van der Waals surface area contributed by atoms with E-state index >= 15 is 0 Å². The first-order valence-electron chi connectivity index (χ1n) is 12.8. The van der Waals surface area contributed by atoms with Crippen molar-refractivity contribution in [1.82, 2.24) is 10.2 Å². The van der Waals surface area contributed by atoms with Crippen LogP contribution in [-0.2, 0) is 24.7 Å². The van der Waals surface area contributed by atoms with Gasteiger partial charge in [-0.05, 0) is 29.9 Å². The van der Waals surface area contributed by atoms with Gasteiger partial charge in [0.2, 0.25) is 5.91 Å². The summed E-state index contributed by atoms with van der Waals surface area (Å²) in [5, 5.41) is 2.95. The Morgan fingerprint density at radius 3 is 2.32 bits per heavy atom. The number of nitrogens with zero attached hydrogens (tertiary/aromatic N) is 1. The molecule has 3 heterocycles. The molecule has 38 heavy (non-hydrogen) atoms. The van der Waals surface area contributed by atoms with Crippen LogP contribution in [0.3, 0.4) is 0 Å². The highest BCUT2D eigenvalue weighted by Gasteiger charge is 2.64. The van der Waals surface area contributed by atoms with Gasteiger partial charge in [-0.1, -0.05) is 48.5 Å². The Labute approximate surface area is 219 Å². The molecule has 3 saturated heterocycles. The van der Waals surface area contributed by atoms with Gasteiger partial charge in [0, 0.05) is 44.6 Å². The second kappa shape index (κ2) is 10.2. The number of likely N-dealkylation sites (tertiary alicyclic amines) is 1. The molecule has 0 saturated carbocycles. The van der Waals surface area contributed by atoms with Crippen molar-refractivity contribution in [2.24, 2.45) is 5.41 Å². The number of alkyl halides is 3. The zero-order valence-electron chi connectivity index (χ0n) is 21.1. The van der Waals surface area contributed by atoms with Crippen LogP contribution in [-0.4, -0.2) is 69.0 Å². The fourth-order valence-electron chi connectivity index (χ4n) is 6.02. The first kappa shape index (κ1) is 26.5. The van der Waals surface area contributed by atoms with Crippen LogP contribution in [0.5, 0.6) is 5.75 Å². The molecule has 7 nitrogen and oxygen atoms in total. The molecule has 0 aromatic heterocycles. The predicted molar refractivity (Wildman–Crippen MR) is 131 cm³/mol. The van der Waals surface area contributed by atoms with Gasteiger partial charge in [-0.15, -0.1) is 0 Å². The molecule has 3 aliphatic heterocycles. The number of rotatable bonds is 6. The lowest BCUT2D eigenvalue weighted by molar-refractivity contribution is -0.271. The summed E-state index contributed by atoms with van der Waals surface area (Å²) in [6.07, 6.45) is -4.01. The van der Waals surface area contributed by atoms with Crippen molar-refractivity contribution in [2.45, 2.75) is 43.1 Å². The van der Waals surface area contributed by atoms with Gasteiger partial charge in [0.05, 0.1) is 13.2 Å². The highest BCUT2D eigenvalue weighted by Crippen LogP contribution is 2.52. The van der Waals surface area contributed by atoms with Gasteiger partial charge in [0.1, 0.15) is 11.9 Å². The maximum absolute atomic E-state index is 14.5. The summed E-state index contributed by atoms with van der Waals surface area (Å²) >= 11 is 0. The number of para-hydroxylation sites is 1. The highest BCUT2D eigenvalue weighted by molar-refractivity contribution is 5.88. The molecule has 0 aliphatic carbocycles. The average molecular weight is 533 g/mol. The lowest BCUT2D eigenvalue weighted by Crippen LogP contribution is -2.60. The topological polar surface area (TPSA) is 77.1 Å². The highest BCUT2D eigenvalue weighted by atomic mass is 19.4. The largest absolute Gasteiger partial charge is 0.485 e. The van der Waals surface area contributed by atoms with Crippen LogP contribution in [0.2, 0.25) is 0 Å². The smallest absolute Gasteiger partial charge is 0.430 e. The number of ether oxygens (including phenoxy) is 3. The monoisotopic (exact) mass is 532 g/mol. The van der Waals surface area contributed by atoms with Crippen molar-refractivity contribution in [3.63, 3.8) is 0 Å². The van der Waals surface area contributed by atoms with E-state index < -0.39 is 23.1 Å². The van der Waals surface area contributed by atoms with Crippen LogP contribution in [0, 0.1) is 5.41 Å². The molecule has 1 spiro atoms. The number of hydrogen-bond donors (Lipinski definition) is 1. The molecule has 2 aromatic rings. The van der Waals surface area contributed by atoms with Crippen molar-refractivity contribution < 1.29 is 37.0 Å². The van der Waals surface area contributed by atoms with Crippen LogP contribution in [0.15, 0.2) is 54.6 Å². The second-order valence-corrected chi connectivity index (χ2v) is 10.3. The van der Waals surface area contributed by atoms with Crippen molar-refractivity contribution >= 4 is 11.8 Å². The first-order chi connectivity index (χ1) is 18.2. The molecule has 5 rings (SSSR count). The van der Waals surface area contributed by atoms with Crippen LogP contribution >= 0.6 is 0 Å². The molecule has 0 radical (unpaired) electrons. The van der Waals surface area contributed by atoms with E-state index in [2.05, 4.69) is 5.32 Å². The van der Waals surface area contributed by atoms with E-state index in [1.807, 2.05) is 24.3 Å². The van der Waals surface area contributed by atoms with Gasteiger partial charge in [0.15, 0.2) is 0 Å². The van der Waals surface area contributed by atoms with Crippen LogP contribution < -0.4 is 10.1 Å². The van der Waals surface area contributed by atoms with E-state index in [1.54, 1.807) is 6.07 Å². The third kappa shape index (κ3) is 4.53. The Balaban J connectivity index is 1.41. The number of carbonyl (C=O) groups is 2. The maximum atomic E-state index is 14.5. The molecule has 1 N–H and O–H groups in total. The van der Waals surface area contributed by atoms with Crippen LogP contribution in [0.25, 0.3) is 0 Å². The molecule has 3 fully saturated rings. The van der Waals surface area contributed by atoms with E-state index in [-0.39, 0.29) is 43.0 Å². The third-order valence-corrected chi connectivity index (χ3v) is 8.18. The molecular formula is C28H31F3N2O5. The van der Waals surface area contributed by atoms with Gasteiger partial charge in [0.25, 0.3) is 11.5 Å². The second-order valence-electron chi connectivity index (χ2n) is 10.3. The van der Waals surface area contributed by atoms with E-state index in [9.17, 15) is 22.8 Å². The Morgan fingerprint density at radius 2 is 1.71 bits per heavy atom. The Morgan fingerprint density at radius 1 is 1.05 bits per heavy atom. The number of nitrogens with one attached hydrogen (secondary N) is 1. The molecule has 10 heteroatoms. The molecule has 1 unspecified atom stereocenters. The van der Waals surface area contributed by atoms with E-state index in [0.717, 1.165) is 18.4 Å². The van der Waals surface area contributed by atoms with Crippen molar-refractivity contribution in [3.8, 4) is 5.75 Å². The lowest BCUT2D eigenvalue weighted by Gasteiger charge is -2.50. The zero-order chi connectivity index (χ0) is 27.0. The van der Waals surface area contributed by atoms with Crippen LogP contribution in [0.4, 0.5) is 13.2 Å². The van der Waals surface area contributed by atoms with Gasteiger partial charge in [-0.2, -0.15) is 13.2 Å². The molecular weight excluding hydrogens is 501 g/mol. The minimum absolute atomic E-state index is 0.0349. The molecule has 2 amide bonds. The summed E-state index contributed by atoms with van der Waals surface area (Å²) in [5.74, 6) is -0.630. The summed E-state index contributed by atoms with van der Waals surface area (Å²) < 4.78 is 59.9. The summed E-state index contributed by atoms with van der Waals surface area (Å²) in [5.41, 5.74) is -2.94. The summed E-state index contributed by atoms with van der Waals surface area (Å²) in [7, 11) is 0.912. The van der Waals surface area contributed by atoms with E-state index in [1.165, 1.54) is 29.2 Å². The molecule has 3 aliphatic rings. The minimum atomic E-state index is -4.97. The number of carbonyl (C=O) groups excluding carboxylic acids is 2. The SMILES string of the molecule is CO[C@@](C(=O)N1CCC2(CC1)CC(=O)NCC2c1ccccc1OC1COC1)(c1ccccc1)C(F)(F)F. The Hall–Kier alpha value is -3.11. The Kier molecular flexibility index (Phi) is 7.13. The van der Waals surface area contributed by atoms with Gasteiger partial charge in [-0.25, -0.2) is 0 Å². The first-order valence-corrected chi connectivity index (χ1v) is 12.8. The summed E-state index contributed by atoms with van der Waals surface area (Å²) in [6, 6.07) is 14.7. The Bertz CT molecular complexity index is 1160. The maximum Gasteiger partial charge on any atom is 0.430 e. The zero-order valence-corrected chi connectivity index (χ0v) is 21.1. The minimum Gasteiger partial charge on any atom is -0.485 e. The molecule has 0 bridgehead atoms. The summed E-state index contributed by atoms with van der Waals surface area (Å²) in [6.45, 7) is 1.58. The van der Waals surface area contributed by atoms with Crippen molar-refractivity contribution in [3.05, 3.63) is 65.7 Å².